The number of rotatable bonds is 0. The third-order valence-corrected chi connectivity index (χ3v) is 2.15. The van der Waals surface area contributed by atoms with Crippen LogP contribution in [-0.4, -0.2) is 23.4 Å². The van der Waals surface area contributed by atoms with E-state index in [0.29, 0.717) is 13.0 Å². The lowest BCUT2D eigenvalue weighted by molar-refractivity contribution is -0.131. The molecule has 0 saturated carbocycles. The van der Waals surface area contributed by atoms with Gasteiger partial charge in [-0.1, -0.05) is 12.2 Å². The van der Waals surface area contributed by atoms with Gasteiger partial charge in [0, 0.05) is 19.0 Å². The van der Waals surface area contributed by atoms with Crippen molar-refractivity contribution in [2.45, 2.75) is 19.4 Å². The molecule has 2 heterocycles. The van der Waals surface area contributed by atoms with E-state index in [0.717, 1.165) is 5.82 Å². The van der Waals surface area contributed by atoms with Crippen molar-refractivity contribution in [2.75, 3.05) is 6.54 Å². The fraction of sp³-hybridized carbons (Fsp3) is 0.444. The normalized spacial score (nSPS) is 27.8. The molecule has 1 atom stereocenters. The second-order valence-electron chi connectivity index (χ2n) is 3.23. The third kappa shape index (κ3) is 1.11. The topological polar surface area (TPSA) is 32.3 Å². The van der Waals surface area contributed by atoms with Crippen LogP contribution in [0.3, 0.4) is 0 Å². The van der Waals surface area contributed by atoms with Gasteiger partial charge in [-0.05, 0) is 13.0 Å². The average molecular weight is 164 g/mol. The Morgan fingerprint density at radius 3 is 3.33 bits per heavy atom. The van der Waals surface area contributed by atoms with Gasteiger partial charge in [0.25, 0.3) is 0 Å². The summed E-state index contributed by atoms with van der Waals surface area (Å²) in [5, 5.41) is 3.26. The fourth-order valence-corrected chi connectivity index (χ4v) is 1.55. The Kier molecular flexibility index (Phi) is 1.64. The molecule has 0 bridgehead atoms. The average Bonchev–Trinajstić information content (AvgIpc) is 2.04. The van der Waals surface area contributed by atoms with Gasteiger partial charge in [0.2, 0.25) is 5.91 Å². The molecule has 1 unspecified atom stereocenters. The van der Waals surface area contributed by atoms with E-state index in [2.05, 4.69) is 5.32 Å². The standard InChI is InChI=1S/C9H12N2O/c1-7-6-9(12)11-5-3-2-4-8(11)10-7/h2-4,7,10H,5-6H2,1H3. The number of hydrogen-bond donors (Lipinski definition) is 1. The van der Waals surface area contributed by atoms with Gasteiger partial charge < -0.3 is 5.32 Å². The molecule has 0 aliphatic carbocycles. The Morgan fingerprint density at radius 1 is 1.67 bits per heavy atom. The molecule has 2 aliphatic heterocycles. The van der Waals surface area contributed by atoms with Crippen molar-refractivity contribution in [3.63, 3.8) is 0 Å². The van der Waals surface area contributed by atoms with E-state index < -0.39 is 0 Å². The van der Waals surface area contributed by atoms with E-state index >= 15 is 0 Å². The number of carbonyl (C=O) groups excluding carboxylic acids is 1. The summed E-state index contributed by atoms with van der Waals surface area (Å²) in [5.41, 5.74) is 0. The van der Waals surface area contributed by atoms with E-state index in [4.69, 9.17) is 0 Å². The van der Waals surface area contributed by atoms with Crippen molar-refractivity contribution in [3.8, 4) is 0 Å². The number of amides is 1. The molecular weight excluding hydrogens is 152 g/mol. The molecule has 0 aromatic carbocycles. The van der Waals surface area contributed by atoms with E-state index in [1.54, 1.807) is 4.90 Å². The van der Waals surface area contributed by atoms with E-state index in [9.17, 15) is 4.79 Å². The van der Waals surface area contributed by atoms with E-state index in [1.807, 2.05) is 25.2 Å². The molecule has 1 N–H and O–H groups in total. The maximum absolute atomic E-state index is 11.5. The molecule has 12 heavy (non-hydrogen) atoms. The molecule has 0 aromatic heterocycles. The van der Waals surface area contributed by atoms with Gasteiger partial charge in [0.1, 0.15) is 5.82 Å². The molecule has 2 aliphatic rings. The van der Waals surface area contributed by atoms with Crippen LogP contribution in [-0.2, 0) is 4.79 Å². The minimum atomic E-state index is 0.219. The Bertz CT molecular complexity index is 268. The highest BCUT2D eigenvalue weighted by atomic mass is 16.2. The summed E-state index contributed by atoms with van der Waals surface area (Å²) in [5.74, 6) is 1.16. The zero-order valence-corrected chi connectivity index (χ0v) is 7.08. The van der Waals surface area contributed by atoms with Crippen molar-refractivity contribution >= 4 is 5.91 Å². The van der Waals surface area contributed by atoms with Crippen molar-refractivity contribution in [2.24, 2.45) is 0 Å². The quantitative estimate of drug-likeness (QED) is 0.569. The minimum absolute atomic E-state index is 0.219. The predicted molar refractivity (Wildman–Crippen MR) is 46.2 cm³/mol. The Morgan fingerprint density at radius 2 is 2.50 bits per heavy atom. The van der Waals surface area contributed by atoms with Crippen molar-refractivity contribution < 1.29 is 4.79 Å². The number of carbonyl (C=O) groups is 1. The summed E-state index contributed by atoms with van der Waals surface area (Å²) in [6.45, 7) is 2.73. The number of hydrogen-bond acceptors (Lipinski definition) is 2. The molecule has 0 aromatic rings. The van der Waals surface area contributed by atoms with Crippen molar-refractivity contribution in [1.29, 1.82) is 0 Å². The first-order valence-electron chi connectivity index (χ1n) is 4.21. The van der Waals surface area contributed by atoms with Gasteiger partial charge >= 0.3 is 0 Å². The lowest BCUT2D eigenvalue weighted by atomic mass is 10.1. The van der Waals surface area contributed by atoms with Gasteiger partial charge in [-0.3, -0.25) is 9.69 Å². The highest BCUT2D eigenvalue weighted by Crippen LogP contribution is 2.16. The Balaban J connectivity index is 2.24. The van der Waals surface area contributed by atoms with Crippen LogP contribution in [0.2, 0.25) is 0 Å². The first-order valence-corrected chi connectivity index (χ1v) is 4.21. The van der Waals surface area contributed by atoms with Crippen LogP contribution in [0, 0.1) is 0 Å². The van der Waals surface area contributed by atoms with Crippen LogP contribution in [0.1, 0.15) is 13.3 Å². The smallest absolute Gasteiger partial charge is 0.230 e. The van der Waals surface area contributed by atoms with Gasteiger partial charge in [0.05, 0.1) is 0 Å². The molecule has 3 heteroatoms. The number of nitrogens with zero attached hydrogens (tertiary/aromatic N) is 1. The van der Waals surface area contributed by atoms with Crippen LogP contribution in [0.4, 0.5) is 0 Å². The van der Waals surface area contributed by atoms with Gasteiger partial charge in [-0.2, -0.15) is 0 Å². The first kappa shape index (κ1) is 7.40. The molecule has 2 rings (SSSR count). The number of allylic oxidation sites excluding steroid dienone is 2. The molecule has 1 amide bonds. The molecule has 0 radical (unpaired) electrons. The summed E-state index contributed by atoms with van der Waals surface area (Å²) in [4.78, 5) is 13.2. The highest BCUT2D eigenvalue weighted by Gasteiger charge is 2.26. The van der Waals surface area contributed by atoms with Gasteiger partial charge in [0.15, 0.2) is 0 Å². The highest BCUT2D eigenvalue weighted by molar-refractivity contribution is 5.80. The van der Waals surface area contributed by atoms with Gasteiger partial charge in [-0.15, -0.1) is 0 Å². The maximum Gasteiger partial charge on any atom is 0.230 e. The largest absolute Gasteiger partial charge is 0.368 e. The van der Waals surface area contributed by atoms with Crippen molar-refractivity contribution in [3.05, 3.63) is 24.0 Å². The van der Waals surface area contributed by atoms with Crippen LogP contribution in [0.25, 0.3) is 0 Å². The second kappa shape index (κ2) is 2.66. The van der Waals surface area contributed by atoms with Gasteiger partial charge in [-0.25, -0.2) is 0 Å². The molecule has 0 spiro atoms. The summed E-state index contributed by atoms with van der Waals surface area (Å²) in [6, 6.07) is 0.270. The van der Waals surface area contributed by atoms with Crippen LogP contribution < -0.4 is 5.32 Å². The predicted octanol–water partition coefficient (Wildman–Crippen LogP) is 0.608. The maximum atomic E-state index is 11.5. The third-order valence-electron chi connectivity index (χ3n) is 2.15. The van der Waals surface area contributed by atoms with Crippen LogP contribution >= 0.6 is 0 Å². The van der Waals surface area contributed by atoms with Crippen molar-refractivity contribution in [1.82, 2.24) is 10.2 Å². The summed E-state index contributed by atoms with van der Waals surface area (Å²) < 4.78 is 0. The number of fused-ring (bicyclic) bond motifs is 1. The Labute approximate surface area is 71.7 Å². The monoisotopic (exact) mass is 164 g/mol. The SMILES string of the molecule is CC1CC(=O)N2CC=CC=C2N1. The zero-order chi connectivity index (χ0) is 8.55. The van der Waals surface area contributed by atoms with E-state index in [1.165, 1.54) is 0 Å². The fourth-order valence-electron chi connectivity index (χ4n) is 1.55. The molecule has 64 valence electrons. The molecule has 3 nitrogen and oxygen atoms in total. The van der Waals surface area contributed by atoms with Crippen LogP contribution in [0.5, 0.6) is 0 Å². The Hall–Kier alpha value is -1.25. The van der Waals surface area contributed by atoms with E-state index in [-0.39, 0.29) is 11.9 Å². The minimum Gasteiger partial charge on any atom is -0.368 e. The summed E-state index contributed by atoms with van der Waals surface area (Å²) in [6.07, 6.45) is 6.51. The number of nitrogens with one attached hydrogen (secondary N) is 1. The lowest BCUT2D eigenvalue weighted by Crippen LogP contribution is -2.48. The second-order valence-corrected chi connectivity index (χ2v) is 3.23. The molecule has 1 saturated heterocycles. The first-order chi connectivity index (χ1) is 5.77. The van der Waals surface area contributed by atoms with Crippen LogP contribution in [0.15, 0.2) is 24.0 Å². The lowest BCUT2D eigenvalue weighted by Gasteiger charge is -2.34. The molecule has 1 fully saturated rings. The zero-order valence-electron chi connectivity index (χ0n) is 7.08. The summed E-state index contributed by atoms with van der Waals surface area (Å²) in [7, 11) is 0. The molecular formula is C9H12N2O. The summed E-state index contributed by atoms with van der Waals surface area (Å²) >= 11 is 0.